The zero-order chi connectivity index (χ0) is 18.7. The average molecular weight is 390 g/mol. The third kappa shape index (κ3) is 4.71. The molecule has 3 aromatic rings. The zero-order valence-corrected chi connectivity index (χ0v) is 15.7. The van der Waals surface area contributed by atoms with Crippen molar-refractivity contribution in [1.29, 1.82) is 0 Å². The molecule has 0 aliphatic carbocycles. The van der Waals surface area contributed by atoms with E-state index in [-0.39, 0.29) is 5.69 Å². The fourth-order valence-corrected chi connectivity index (χ4v) is 3.45. The highest BCUT2D eigenvalue weighted by molar-refractivity contribution is 7.15. The van der Waals surface area contributed by atoms with Crippen molar-refractivity contribution in [3.05, 3.63) is 73.2 Å². The SMILES string of the molecule is Cc1cc(C)cc(Oc2cc(NCc3cnc(Cl)s3)cc([N+](=O)[O-])c2)c1. The average Bonchev–Trinajstić information content (AvgIpc) is 2.97. The van der Waals surface area contributed by atoms with E-state index in [1.807, 2.05) is 32.0 Å². The van der Waals surface area contributed by atoms with Gasteiger partial charge < -0.3 is 10.1 Å². The van der Waals surface area contributed by atoms with Crippen LogP contribution in [0, 0.1) is 24.0 Å². The molecule has 1 N–H and O–H groups in total. The molecule has 26 heavy (non-hydrogen) atoms. The minimum atomic E-state index is -0.441. The van der Waals surface area contributed by atoms with Crippen LogP contribution in [0.3, 0.4) is 0 Å². The van der Waals surface area contributed by atoms with Crippen molar-refractivity contribution in [1.82, 2.24) is 4.98 Å². The van der Waals surface area contributed by atoms with Crippen LogP contribution in [-0.4, -0.2) is 9.91 Å². The van der Waals surface area contributed by atoms with Gasteiger partial charge in [0.2, 0.25) is 0 Å². The molecule has 0 saturated carbocycles. The van der Waals surface area contributed by atoms with Gasteiger partial charge in [-0.2, -0.15) is 0 Å². The number of non-ortho nitro benzene ring substituents is 1. The van der Waals surface area contributed by atoms with E-state index in [4.69, 9.17) is 16.3 Å². The smallest absolute Gasteiger partial charge is 0.275 e. The van der Waals surface area contributed by atoms with Crippen LogP contribution < -0.4 is 10.1 Å². The maximum absolute atomic E-state index is 11.2. The highest BCUT2D eigenvalue weighted by Gasteiger charge is 2.12. The maximum Gasteiger partial charge on any atom is 0.275 e. The molecular formula is C18H16ClN3O3S. The number of anilines is 1. The van der Waals surface area contributed by atoms with Crippen molar-refractivity contribution in [2.45, 2.75) is 20.4 Å². The van der Waals surface area contributed by atoms with Crippen LogP contribution in [0.5, 0.6) is 11.5 Å². The van der Waals surface area contributed by atoms with Gasteiger partial charge in [0, 0.05) is 28.9 Å². The van der Waals surface area contributed by atoms with Gasteiger partial charge in [0.15, 0.2) is 4.47 Å². The van der Waals surface area contributed by atoms with E-state index in [9.17, 15) is 10.1 Å². The summed E-state index contributed by atoms with van der Waals surface area (Å²) < 4.78 is 6.31. The summed E-state index contributed by atoms with van der Waals surface area (Å²) in [7, 11) is 0. The molecule has 0 saturated heterocycles. The molecule has 0 fully saturated rings. The van der Waals surface area contributed by atoms with Gasteiger partial charge in [0.05, 0.1) is 17.5 Å². The predicted molar refractivity (Wildman–Crippen MR) is 104 cm³/mol. The molecule has 0 aliphatic rings. The van der Waals surface area contributed by atoms with Crippen molar-refractivity contribution < 1.29 is 9.66 Å². The number of rotatable bonds is 6. The summed E-state index contributed by atoms with van der Waals surface area (Å²) in [6.45, 7) is 4.41. The Morgan fingerprint density at radius 3 is 2.46 bits per heavy atom. The maximum atomic E-state index is 11.2. The first-order valence-corrected chi connectivity index (χ1v) is 8.98. The number of nitro benzene ring substituents is 1. The van der Waals surface area contributed by atoms with Gasteiger partial charge in [-0.3, -0.25) is 10.1 Å². The minimum Gasteiger partial charge on any atom is -0.457 e. The van der Waals surface area contributed by atoms with E-state index in [0.29, 0.717) is 28.2 Å². The Balaban J connectivity index is 1.84. The monoisotopic (exact) mass is 389 g/mol. The van der Waals surface area contributed by atoms with E-state index >= 15 is 0 Å². The number of benzene rings is 2. The molecule has 2 aromatic carbocycles. The molecule has 134 valence electrons. The molecule has 0 aliphatic heterocycles. The molecule has 0 bridgehead atoms. The molecule has 8 heteroatoms. The second kappa shape index (κ2) is 7.72. The first-order chi connectivity index (χ1) is 12.4. The van der Waals surface area contributed by atoms with Crippen LogP contribution in [0.2, 0.25) is 4.47 Å². The summed E-state index contributed by atoms with van der Waals surface area (Å²) in [5.74, 6) is 1.04. The lowest BCUT2D eigenvalue weighted by atomic mass is 10.1. The number of nitro groups is 1. The van der Waals surface area contributed by atoms with Gasteiger partial charge in [-0.15, -0.1) is 11.3 Å². The molecule has 0 radical (unpaired) electrons. The Bertz CT molecular complexity index is 938. The number of hydrogen-bond donors (Lipinski definition) is 1. The minimum absolute atomic E-state index is 0.0447. The van der Waals surface area contributed by atoms with Crippen LogP contribution in [0.1, 0.15) is 16.0 Å². The fraction of sp³-hybridized carbons (Fsp3) is 0.167. The fourth-order valence-electron chi connectivity index (χ4n) is 2.53. The highest BCUT2D eigenvalue weighted by atomic mass is 35.5. The van der Waals surface area contributed by atoms with Gasteiger partial charge in [-0.05, 0) is 37.1 Å². The van der Waals surface area contributed by atoms with Crippen LogP contribution in [0.4, 0.5) is 11.4 Å². The quantitative estimate of drug-likeness (QED) is 0.430. The van der Waals surface area contributed by atoms with Gasteiger partial charge in [0.25, 0.3) is 5.69 Å². The van der Waals surface area contributed by atoms with Crippen molar-refractivity contribution in [3.63, 3.8) is 0 Å². The lowest BCUT2D eigenvalue weighted by molar-refractivity contribution is -0.384. The Morgan fingerprint density at radius 2 is 1.85 bits per heavy atom. The van der Waals surface area contributed by atoms with Crippen molar-refractivity contribution >= 4 is 34.3 Å². The number of thiazole rings is 1. The van der Waals surface area contributed by atoms with E-state index in [0.717, 1.165) is 16.0 Å². The number of halogens is 1. The van der Waals surface area contributed by atoms with E-state index < -0.39 is 4.92 Å². The second-order valence-electron chi connectivity index (χ2n) is 5.83. The van der Waals surface area contributed by atoms with Gasteiger partial charge in [-0.25, -0.2) is 4.98 Å². The number of ether oxygens (including phenoxy) is 1. The molecule has 6 nitrogen and oxygen atoms in total. The normalized spacial score (nSPS) is 10.6. The summed E-state index contributed by atoms with van der Waals surface area (Å²) in [6.07, 6.45) is 1.67. The van der Waals surface area contributed by atoms with E-state index in [1.165, 1.54) is 23.5 Å². The van der Waals surface area contributed by atoms with Crippen molar-refractivity contribution in [2.75, 3.05) is 5.32 Å². The number of aromatic nitrogens is 1. The molecule has 3 rings (SSSR count). The molecule has 0 spiro atoms. The van der Waals surface area contributed by atoms with Crippen LogP contribution >= 0.6 is 22.9 Å². The van der Waals surface area contributed by atoms with E-state index in [2.05, 4.69) is 10.3 Å². The molecular weight excluding hydrogens is 374 g/mol. The third-order valence-corrected chi connectivity index (χ3v) is 4.64. The first-order valence-electron chi connectivity index (χ1n) is 7.79. The molecule has 0 unspecified atom stereocenters. The Morgan fingerprint density at radius 1 is 1.15 bits per heavy atom. The Labute approximate surface area is 159 Å². The van der Waals surface area contributed by atoms with Crippen molar-refractivity contribution in [3.8, 4) is 11.5 Å². The van der Waals surface area contributed by atoms with Gasteiger partial charge in [-0.1, -0.05) is 17.7 Å². The number of nitrogens with one attached hydrogen (secondary N) is 1. The Kier molecular flexibility index (Phi) is 5.39. The number of aryl methyl sites for hydroxylation is 2. The largest absolute Gasteiger partial charge is 0.457 e. The summed E-state index contributed by atoms with van der Waals surface area (Å²) in [5.41, 5.74) is 2.66. The Hall–Kier alpha value is -2.64. The molecule has 1 heterocycles. The lowest BCUT2D eigenvalue weighted by Gasteiger charge is -2.11. The summed E-state index contributed by atoms with van der Waals surface area (Å²) in [5, 5.41) is 14.4. The predicted octanol–water partition coefficient (Wildman–Crippen LogP) is 5.73. The zero-order valence-electron chi connectivity index (χ0n) is 14.2. The van der Waals surface area contributed by atoms with Crippen LogP contribution in [0.15, 0.2) is 42.6 Å². The number of nitrogens with zero attached hydrogens (tertiary/aromatic N) is 2. The molecule has 1 aromatic heterocycles. The van der Waals surface area contributed by atoms with Crippen LogP contribution in [-0.2, 0) is 6.54 Å². The standard InChI is InChI=1S/C18H16ClN3O3S/c1-11-3-12(2)5-15(4-11)25-16-7-13(6-14(8-16)22(23)24)20-9-17-10-21-18(19)26-17/h3-8,10,20H,9H2,1-2H3. The van der Waals surface area contributed by atoms with Gasteiger partial charge >= 0.3 is 0 Å². The van der Waals surface area contributed by atoms with E-state index in [1.54, 1.807) is 12.3 Å². The lowest BCUT2D eigenvalue weighted by Crippen LogP contribution is -1.99. The first kappa shape index (κ1) is 18.2. The number of hydrogen-bond acceptors (Lipinski definition) is 6. The highest BCUT2D eigenvalue weighted by Crippen LogP contribution is 2.31. The van der Waals surface area contributed by atoms with Crippen LogP contribution in [0.25, 0.3) is 0 Å². The van der Waals surface area contributed by atoms with Crippen molar-refractivity contribution in [2.24, 2.45) is 0 Å². The summed E-state index contributed by atoms with van der Waals surface area (Å²) in [4.78, 5) is 15.7. The summed E-state index contributed by atoms with van der Waals surface area (Å²) >= 11 is 7.17. The third-order valence-electron chi connectivity index (χ3n) is 3.53. The topological polar surface area (TPSA) is 77.3 Å². The molecule has 0 atom stereocenters. The van der Waals surface area contributed by atoms with Gasteiger partial charge in [0.1, 0.15) is 11.5 Å². The summed E-state index contributed by atoms with van der Waals surface area (Å²) in [6, 6.07) is 10.4. The molecule has 0 amide bonds. The second-order valence-corrected chi connectivity index (χ2v) is 7.53.